The van der Waals surface area contributed by atoms with Crippen molar-refractivity contribution >= 4 is 5.78 Å². The Labute approximate surface area is 122 Å². The molecule has 1 atom stereocenters. The van der Waals surface area contributed by atoms with Gasteiger partial charge in [-0.25, -0.2) is 0 Å². The Morgan fingerprint density at radius 2 is 1.90 bits per heavy atom. The van der Waals surface area contributed by atoms with Crippen LogP contribution < -0.4 is 9.47 Å². The van der Waals surface area contributed by atoms with Crippen molar-refractivity contribution in [1.29, 1.82) is 0 Å². The fourth-order valence-electron chi connectivity index (χ4n) is 3.27. The third kappa shape index (κ3) is 1.57. The van der Waals surface area contributed by atoms with E-state index in [2.05, 4.69) is 0 Å². The highest BCUT2D eigenvalue weighted by Crippen LogP contribution is 2.50. The SMILES string of the molecule is COc1ccc2c(c1)C1C(=C(C)O2)C(=O)c2ccccc21. The first kappa shape index (κ1) is 12.2. The highest BCUT2D eigenvalue weighted by atomic mass is 16.5. The molecule has 0 spiro atoms. The lowest BCUT2D eigenvalue weighted by Crippen LogP contribution is -2.14. The smallest absolute Gasteiger partial charge is 0.193 e. The predicted molar refractivity (Wildman–Crippen MR) is 78.9 cm³/mol. The van der Waals surface area contributed by atoms with Gasteiger partial charge >= 0.3 is 0 Å². The van der Waals surface area contributed by atoms with Crippen LogP contribution in [0.5, 0.6) is 11.5 Å². The number of hydrogen-bond acceptors (Lipinski definition) is 3. The minimum Gasteiger partial charge on any atom is -0.497 e. The molecule has 1 aliphatic carbocycles. The van der Waals surface area contributed by atoms with Crippen LogP contribution in [0, 0.1) is 0 Å². The van der Waals surface area contributed by atoms with Crippen molar-refractivity contribution in [2.45, 2.75) is 12.8 Å². The highest BCUT2D eigenvalue weighted by molar-refractivity contribution is 6.15. The second-order valence-corrected chi connectivity index (χ2v) is 5.33. The first-order valence-electron chi connectivity index (χ1n) is 6.91. The lowest BCUT2D eigenvalue weighted by atomic mass is 9.87. The van der Waals surface area contributed by atoms with Crippen molar-refractivity contribution in [3.8, 4) is 11.5 Å². The van der Waals surface area contributed by atoms with E-state index in [1.54, 1.807) is 7.11 Å². The molecule has 0 saturated carbocycles. The van der Waals surface area contributed by atoms with Crippen molar-refractivity contribution in [2.24, 2.45) is 0 Å². The second-order valence-electron chi connectivity index (χ2n) is 5.33. The number of Topliss-reactive ketones (excluding diaryl/α,β-unsaturated/α-hetero) is 1. The van der Waals surface area contributed by atoms with Gasteiger partial charge in [0, 0.05) is 17.0 Å². The molecule has 1 heterocycles. The van der Waals surface area contributed by atoms with E-state index < -0.39 is 0 Å². The summed E-state index contributed by atoms with van der Waals surface area (Å²) in [6.45, 7) is 1.86. The molecule has 3 nitrogen and oxygen atoms in total. The summed E-state index contributed by atoms with van der Waals surface area (Å²) >= 11 is 0. The van der Waals surface area contributed by atoms with Crippen molar-refractivity contribution < 1.29 is 14.3 Å². The quantitative estimate of drug-likeness (QED) is 0.798. The molecule has 0 aromatic heterocycles. The van der Waals surface area contributed by atoms with E-state index in [-0.39, 0.29) is 11.7 Å². The molecule has 0 bridgehead atoms. The van der Waals surface area contributed by atoms with E-state index in [0.717, 1.165) is 33.8 Å². The van der Waals surface area contributed by atoms with Crippen LogP contribution in [-0.2, 0) is 0 Å². The molecule has 1 unspecified atom stereocenters. The van der Waals surface area contributed by atoms with Crippen molar-refractivity contribution in [3.63, 3.8) is 0 Å². The molecule has 3 heteroatoms. The van der Waals surface area contributed by atoms with Crippen LogP contribution in [0.25, 0.3) is 0 Å². The number of ether oxygens (including phenoxy) is 2. The highest BCUT2D eigenvalue weighted by Gasteiger charge is 2.41. The number of hydrogen-bond donors (Lipinski definition) is 0. The van der Waals surface area contributed by atoms with E-state index in [1.165, 1.54) is 0 Å². The zero-order valence-corrected chi connectivity index (χ0v) is 11.8. The van der Waals surface area contributed by atoms with Gasteiger partial charge in [0.15, 0.2) is 5.78 Å². The van der Waals surface area contributed by atoms with Crippen molar-refractivity contribution in [1.82, 2.24) is 0 Å². The summed E-state index contributed by atoms with van der Waals surface area (Å²) in [6.07, 6.45) is 0. The van der Waals surface area contributed by atoms with Crippen LogP contribution in [0.4, 0.5) is 0 Å². The van der Waals surface area contributed by atoms with Crippen LogP contribution in [-0.4, -0.2) is 12.9 Å². The molecule has 4 rings (SSSR count). The normalized spacial score (nSPS) is 18.8. The zero-order valence-electron chi connectivity index (χ0n) is 11.8. The van der Waals surface area contributed by atoms with E-state index in [4.69, 9.17) is 9.47 Å². The van der Waals surface area contributed by atoms with Gasteiger partial charge in [-0.3, -0.25) is 4.79 Å². The Morgan fingerprint density at radius 1 is 1.10 bits per heavy atom. The molecule has 1 aliphatic heterocycles. The summed E-state index contributed by atoms with van der Waals surface area (Å²) < 4.78 is 11.2. The monoisotopic (exact) mass is 278 g/mol. The molecule has 0 fully saturated rings. The first-order chi connectivity index (χ1) is 10.2. The fourth-order valence-corrected chi connectivity index (χ4v) is 3.27. The van der Waals surface area contributed by atoms with E-state index in [9.17, 15) is 4.79 Å². The Morgan fingerprint density at radius 3 is 2.71 bits per heavy atom. The molecule has 2 aromatic rings. The van der Waals surface area contributed by atoms with Gasteiger partial charge in [-0.1, -0.05) is 24.3 Å². The average molecular weight is 278 g/mol. The maximum Gasteiger partial charge on any atom is 0.193 e. The second kappa shape index (κ2) is 4.22. The summed E-state index contributed by atoms with van der Waals surface area (Å²) in [5.74, 6) is 2.28. The molecular formula is C18H14O3. The Hall–Kier alpha value is -2.55. The number of allylic oxidation sites excluding steroid dienone is 2. The van der Waals surface area contributed by atoms with Gasteiger partial charge < -0.3 is 9.47 Å². The number of fused-ring (bicyclic) bond motifs is 5. The van der Waals surface area contributed by atoms with Gasteiger partial charge in [-0.15, -0.1) is 0 Å². The number of ketones is 1. The number of benzene rings is 2. The molecule has 104 valence electrons. The van der Waals surface area contributed by atoms with Crippen molar-refractivity contribution in [2.75, 3.05) is 7.11 Å². The van der Waals surface area contributed by atoms with Gasteiger partial charge in [-0.05, 0) is 30.7 Å². The van der Waals surface area contributed by atoms with Gasteiger partial charge in [-0.2, -0.15) is 0 Å². The third-order valence-electron chi connectivity index (χ3n) is 4.22. The van der Waals surface area contributed by atoms with Crippen molar-refractivity contribution in [3.05, 3.63) is 70.5 Å². The van der Waals surface area contributed by atoms with Crippen LogP contribution in [0.15, 0.2) is 53.8 Å². The molecular weight excluding hydrogens is 264 g/mol. The molecule has 0 N–H and O–H groups in total. The number of carbonyl (C=O) groups is 1. The Bertz CT molecular complexity index is 802. The Kier molecular flexibility index (Phi) is 2.45. The fraction of sp³-hybridized carbons (Fsp3) is 0.167. The molecule has 0 saturated heterocycles. The predicted octanol–water partition coefficient (Wildman–Crippen LogP) is 3.69. The molecule has 2 aliphatic rings. The first-order valence-corrected chi connectivity index (χ1v) is 6.91. The maximum absolute atomic E-state index is 12.6. The molecule has 21 heavy (non-hydrogen) atoms. The summed E-state index contributed by atoms with van der Waals surface area (Å²) in [5, 5.41) is 0. The van der Waals surface area contributed by atoms with Gasteiger partial charge in [0.25, 0.3) is 0 Å². The number of methoxy groups -OCH3 is 1. The number of carbonyl (C=O) groups excluding carboxylic acids is 1. The zero-order chi connectivity index (χ0) is 14.6. The standard InChI is InChI=1S/C18H14O3/c1-10-16-17(12-5-3-4-6-13(12)18(16)19)14-9-11(20-2)7-8-15(14)21-10/h3-9,17H,1-2H3. The largest absolute Gasteiger partial charge is 0.497 e. The van der Waals surface area contributed by atoms with E-state index >= 15 is 0 Å². The summed E-state index contributed by atoms with van der Waals surface area (Å²) in [5.41, 5.74) is 3.57. The average Bonchev–Trinajstić information content (AvgIpc) is 2.82. The molecule has 0 radical (unpaired) electrons. The number of rotatable bonds is 1. The van der Waals surface area contributed by atoms with E-state index in [1.807, 2.05) is 49.4 Å². The lowest BCUT2D eigenvalue weighted by molar-refractivity contribution is 0.103. The minimum absolute atomic E-state index is 0.0486. The summed E-state index contributed by atoms with van der Waals surface area (Å²) in [7, 11) is 1.64. The van der Waals surface area contributed by atoms with Gasteiger partial charge in [0.2, 0.25) is 0 Å². The van der Waals surface area contributed by atoms with Crippen LogP contribution in [0.2, 0.25) is 0 Å². The summed E-state index contributed by atoms with van der Waals surface area (Å²) in [4.78, 5) is 12.6. The molecule has 2 aromatic carbocycles. The third-order valence-corrected chi connectivity index (χ3v) is 4.22. The van der Waals surface area contributed by atoms with Gasteiger partial charge in [0.05, 0.1) is 12.7 Å². The van der Waals surface area contributed by atoms with E-state index in [0.29, 0.717) is 5.76 Å². The molecule has 0 amide bonds. The van der Waals surface area contributed by atoms with Crippen LogP contribution >= 0.6 is 0 Å². The maximum atomic E-state index is 12.6. The van der Waals surface area contributed by atoms with Gasteiger partial charge in [0.1, 0.15) is 17.3 Å². The summed E-state index contributed by atoms with van der Waals surface area (Å²) in [6, 6.07) is 13.5. The Balaban J connectivity index is 2.01. The minimum atomic E-state index is -0.0486. The van der Waals surface area contributed by atoms with Crippen LogP contribution in [0.1, 0.15) is 34.3 Å². The van der Waals surface area contributed by atoms with Crippen LogP contribution in [0.3, 0.4) is 0 Å². The lowest BCUT2D eigenvalue weighted by Gasteiger charge is -2.25. The topological polar surface area (TPSA) is 35.5 Å².